The molecule has 0 atom stereocenters. The third kappa shape index (κ3) is 370. The summed E-state index contributed by atoms with van der Waals surface area (Å²) in [5.41, 5.74) is 0. The van der Waals surface area contributed by atoms with Crippen LogP contribution in [0.2, 0.25) is 0 Å². The van der Waals surface area contributed by atoms with Gasteiger partial charge in [-0.25, -0.2) is 0 Å². The maximum absolute atomic E-state index is 9.00. The standard InChI is InChI=1S/2C3H6.2C2H4O2/c2*1-3-2;2*1-2(3)4/h2*3H,1H2,2H3;2*1H3,(H,3,4). The highest BCUT2D eigenvalue weighted by Gasteiger charge is 1.65. The molecule has 84 valence electrons. The fourth-order valence-corrected chi connectivity index (χ4v) is 0. The molecule has 0 amide bonds. The first-order valence-corrected chi connectivity index (χ1v) is 3.83. The fourth-order valence-electron chi connectivity index (χ4n) is 0. The SMILES string of the molecule is C=CC.C=CC.CC(=O)O.CC(=O)O. The van der Waals surface area contributed by atoms with Crippen LogP contribution in [0, 0.1) is 0 Å². The summed E-state index contributed by atoms with van der Waals surface area (Å²) >= 11 is 0. The van der Waals surface area contributed by atoms with Gasteiger partial charge in [0, 0.05) is 13.8 Å². The van der Waals surface area contributed by atoms with Crippen molar-refractivity contribution in [1.29, 1.82) is 0 Å². The third-order valence-electron chi connectivity index (χ3n) is 0. The van der Waals surface area contributed by atoms with E-state index in [4.69, 9.17) is 19.8 Å². The Morgan fingerprint density at radius 3 is 0.929 bits per heavy atom. The maximum atomic E-state index is 9.00. The van der Waals surface area contributed by atoms with E-state index < -0.39 is 11.9 Å². The number of hydrogen-bond donors (Lipinski definition) is 2. The first kappa shape index (κ1) is 22.8. The number of rotatable bonds is 0. The van der Waals surface area contributed by atoms with Gasteiger partial charge in [0.15, 0.2) is 0 Å². The lowest BCUT2D eigenvalue weighted by atomic mass is 10.8. The Labute approximate surface area is 85.6 Å². The molecule has 0 aromatic rings. The Morgan fingerprint density at radius 1 is 0.929 bits per heavy atom. The van der Waals surface area contributed by atoms with Gasteiger partial charge in [0.05, 0.1) is 0 Å². The molecule has 0 bridgehead atoms. The van der Waals surface area contributed by atoms with Crippen LogP contribution in [0.25, 0.3) is 0 Å². The monoisotopic (exact) mass is 204 g/mol. The lowest BCUT2D eigenvalue weighted by Gasteiger charge is -1.59. The van der Waals surface area contributed by atoms with Gasteiger partial charge in [-0.15, -0.1) is 13.2 Å². The van der Waals surface area contributed by atoms with Crippen LogP contribution >= 0.6 is 0 Å². The molecule has 0 aliphatic carbocycles. The minimum Gasteiger partial charge on any atom is -0.481 e. The van der Waals surface area contributed by atoms with Gasteiger partial charge < -0.3 is 10.2 Å². The minimum atomic E-state index is -0.833. The molecule has 0 heterocycles. The Balaban J connectivity index is -0.0000000482. The number of carboxylic acid groups (broad SMARTS) is 2. The molecule has 14 heavy (non-hydrogen) atoms. The normalized spacial score (nSPS) is 5.43. The first-order valence-electron chi connectivity index (χ1n) is 3.83. The van der Waals surface area contributed by atoms with Crippen molar-refractivity contribution < 1.29 is 19.8 Å². The molecule has 0 aromatic carbocycles. The molecule has 0 aromatic heterocycles. The summed E-state index contributed by atoms with van der Waals surface area (Å²) in [5.74, 6) is -1.67. The summed E-state index contributed by atoms with van der Waals surface area (Å²) in [6.45, 7) is 12.7. The van der Waals surface area contributed by atoms with Crippen molar-refractivity contribution >= 4 is 11.9 Å². The van der Waals surface area contributed by atoms with Gasteiger partial charge in [0.25, 0.3) is 11.9 Å². The summed E-state index contributed by atoms with van der Waals surface area (Å²) < 4.78 is 0. The molecule has 0 aliphatic rings. The van der Waals surface area contributed by atoms with Crippen LogP contribution in [0.15, 0.2) is 25.3 Å². The number of aliphatic carboxylic acids is 2. The number of allylic oxidation sites excluding steroid dienone is 2. The van der Waals surface area contributed by atoms with Gasteiger partial charge in [0.1, 0.15) is 0 Å². The van der Waals surface area contributed by atoms with E-state index in [1.54, 1.807) is 12.2 Å². The molecule has 0 saturated heterocycles. The van der Waals surface area contributed by atoms with Crippen LogP contribution < -0.4 is 0 Å². The van der Waals surface area contributed by atoms with E-state index in [1.165, 1.54) is 0 Å². The topological polar surface area (TPSA) is 74.6 Å². The molecule has 0 unspecified atom stereocenters. The van der Waals surface area contributed by atoms with Gasteiger partial charge in [0.2, 0.25) is 0 Å². The predicted molar refractivity (Wildman–Crippen MR) is 58.4 cm³/mol. The van der Waals surface area contributed by atoms with Crippen LogP contribution in [-0.4, -0.2) is 22.2 Å². The zero-order valence-electron chi connectivity index (χ0n) is 9.28. The van der Waals surface area contributed by atoms with Crippen molar-refractivity contribution in [1.82, 2.24) is 0 Å². The average molecular weight is 204 g/mol. The van der Waals surface area contributed by atoms with Crippen LogP contribution in [-0.2, 0) is 9.59 Å². The van der Waals surface area contributed by atoms with Crippen molar-refractivity contribution in [2.24, 2.45) is 0 Å². The quantitative estimate of drug-likeness (QED) is 0.595. The highest BCUT2D eigenvalue weighted by atomic mass is 16.4. The Hall–Kier alpha value is -1.58. The first-order chi connectivity index (χ1) is 6.29. The Kier molecular flexibility index (Phi) is 49.1. The Bertz CT molecular complexity index is 124. The smallest absolute Gasteiger partial charge is 0.300 e. The molecule has 0 aliphatic heterocycles. The molecule has 2 N–H and O–H groups in total. The van der Waals surface area contributed by atoms with Crippen molar-refractivity contribution in [3.05, 3.63) is 25.3 Å². The summed E-state index contributed by atoms with van der Waals surface area (Å²) in [6.07, 6.45) is 3.50. The molecule has 4 nitrogen and oxygen atoms in total. The summed E-state index contributed by atoms with van der Waals surface area (Å²) in [7, 11) is 0. The second-order valence-electron chi connectivity index (χ2n) is 1.85. The molecule has 0 radical (unpaired) electrons. The number of hydrogen-bond acceptors (Lipinski definition) is 2. The number of carboxylic acids is 2. The molecule has 4 heteroatoms. The summed E-state index contributed by atoms with van der Waals surface area (Å²) in [4.78, 5) is 18.0. The molecular weight excluding hydrogens is 184 g/mol. The minimum absolute atomic E-state index is 0.833. The van der Waals surface area contributed by atoms with E-state index in [0.29, 0.717) is 0 Å². The fraction of sp³-hybridized carbons (Fsp3) is 0.400. The maximum Gasteiger partial charge on any atom is 0.300 e. The summed E-state index contributed by atoms with van der Waals surface area (Å²) in [5, 5.41) is 14.8. The van der Waals surface area contributed by atoms with E-state index in [1.807, 2.05) is 13.8 Å². The van der Waals surface area contributed by atoms with Crippen LogP contribution in [0.4, 0.5) is 0 Å². The van der Waals surface area contributed by atoms with E-state index >= 15 is 0 Å². The van der Waals surface area contributed by atoms with Crippen molar-refractivity contribution in [2.75, 3.05) is 0 Å². The molecular formula is C10H20O4. The van der Waals surface area contributed by atoms with Crippen LogP contribution in [0.3, 0.4) is 0 Å². The Morgan fingerprint density at radius 2 is 0.929 bits per heavy atom. The largest absolute Gasteiger partial charge is 0.481 e. The van der Waals surface area contributed by atoms with Crippen molar-refractivity contribution in [3.8, 4) is 0 Å². The third-order valence-corrected chi connectivity index (χ3v) is 0. The van der Waals surface area contributed by atoms with E-state index in [9.17, 15) is 0 Å². The van der Waals surface area contributed by atoms with Crippen LogP contribution in [0.5, 0.6) is 0 Å². The van der Waals surface area contributed by atoms with Crippen molar-refractivity contribution in [3.63, 3.8) is 0 Å². The highest BCUT2D eigenvalue weighted by molar-refractivity contribution is 5.63. The van der Waals surface area contributed by atoms with Gasteiger partial charge >= 0.3 is 0 Å². The molecule has 0 spiro atoms. The van der Waals surface area contributed by atoms with Gasteiger partial charge in [-0.2, -0.15) is 0 Å². The zero-order valence-corrected chi connectivity index (χ0v) is 9.28. The number of carbonyl (C=O) groups is 2. The van der Waals surface area contributed by atoms with E-state index in [2.05, 4.69) is 13.2 Å². The second-order valence-corrected chi connectivity index (χ2v) is 1.85. The van der Waals surface area contributed by atoms with Gasteiger partial charge in [-0.1, -0.05) is 12.2 Å². The summed E-state index contributed by atoms with van der Waals surface area (Å²) in [6, 6.07) is 0. The molecule has 0 rings (SSSR count). The predicted octanol–water partition coefficient (Wildman–Crippen LogP) is 2.57. The second kappa shape index (κ2) is 30.1. The van der Waals surface area contributed by atoms with Crippen LogP contribution in [0.1, 0.15) is 27.7 Å². The average Bonchev–Trinajstić information content (AvgIpc) is 1.85. The van der Waals surface area contributed by atoms with Gasteiger partial charge in [-0.3, -0.25) is 9.59 Å². The molecule has 0 saturated carbocycles. The molecule has 0 fully saturated rings. The van der Waals surface area contributed by atoms with E-state index in [-0.39, 0.29) is 0 Å². The highest BCUT2D eigenvalue weighted by Crippen LogP contribution is 1.42. The lowest BCUT2D eigenvalue weighted by Crippen LogP contribution is -1.78. The van der Waals surface area contributed by atoms with Crippen molar-refractivity contribution in [2.45, 2.75) is 27.7 Å². The van der Waals surface area contributed by atoms with Gasteiger partial charge in [-0.05, 0) is 13.8 Å². The lowest BCUT2D eigenvalue weighted by molar-refractivity contribution is -0.135. The zero-order chi connectivity index (χ0) is 12.6. The van der Waals surface area contributed by atoms with E-state index in [0.717, 1.165) is 13.8 Å².